The highest BCUT2D eigenvalue weighted by Crippen LogP contribution is 2.27. The number of furan rings is 1. The molecule has 66 valence electrons. The molecule has 1 N–H and O–H groups in total. The van der Waals surface area contributed by atoms with Crippen LogP contribution < -0.4 is 0 Å². The fourth-order valence-corrected chi connectivity index (χ4v) is 1.33. The van der Waals surface area contributed by atoms with Gasteiger partial charge in [0.25, 0.3) is 0 Å². The lowest BCUT2D eigenvalue weighted by molar-refractivity contribution is 0.332. The van der Waals surface area contributed by atoms with Crippen LogP contribution in [0.4, 0.5) is 0 Å². The summed E-state index contributed by atoms with van der Waals surface area (Å²) in [6, 6.07) is 1.84. The summed E-state index contributed by atoms with van der Waals surface area (Å²) in [5.74, 6) is 0.723. The van der Waals surface area contributed by atoms with Crippen molar-refractivity contribution in [2.75, 3.05) is 6.61 Å². The van der Waals surface area contributed by atoms with Crippen molar-refractivity contribution in [3.8, 4) is 0 Å². The number of hydrogen-bond acceptors (Lipinski definition) is 2. The van der Waals surface area contributed by atoms with Gasteiger partial charge < -0.3 is 9.52 Å². The molecule has 1 heterocycles. The van der Waals surface area contributed by atoms with Crippen LogP contribution in [0, 0.1) is 0 Å². The summed E-state index contributed by atoms with van der Waals surface area (Å²) in [7, 11) is 0. The summed E-state index contributed by atoms with van der Waals surface area (Å²) in [5, 5.41) is 8.74. The van der Waals surface area contributed by atoms with Crippen LogP contribution in [0.15, 0.2) is 25.2 Å². The van der Waals surface area contributed by atoms with Gasteiger partial charge in [0, 0.05) is 0 Å². The molecular formula is C8H8Br2O2. The molecule has 12 heavy (non-hydrogen) atoms. The Morgan fingerprint density at radius 1 is 1.67 bits per heavy atom. The summed E-state index contributed by atoms with van der Waals surface area (Å²) >= 11 is 6.52. The SMILES string of the molecule is CC(=Cc1cc(Br)c(Br)o1)CO. The summed E-state index contributed by atoms with van der Waals surface area (Å²) < 4.78 is 6.81. The van der Waals surface area contributed by atoms with Crippen molar-refractivity contribution < 1.29 is 9.52 Å². The minimum atomic E-state index is 0.0515. The monoisotopic (exact) mass is 294 g/mol. The average molecular weight is 296 g/mol. The Morgan fingerprint density at radius 2 is 2.33 bits per heavy atom. The zero-order valence-electron chi connectivity index (χ0n) is 6.47. The van der Waals surface area contributed by atoms with Crippen LogP contribution >= 0.6 is 31.9 Å². The van der Waals surface area contributed by atoms with Gasteiger partial charge in [-0.05, 0) is 56.5 Å². The molecule has 0 fully saturated rings. The Bertz CT molecular complexity index is 283. The fraction of sp³-hybridized carbons (Fsp3) is 0.250. The van der Waals surface area contributed by atoms with Gasteiger partial charge in [-0.2, -0.15) is 0 Å². The van der Waals surface area contributed by atoms with Crippen LogP contribution in [0.2, 0.25) is 0 Å². The normalized spacial score (nSPS) is 12.2. The Hall–Kier alpha value is -0.0600. The maximum absolute atomic E-state index is 8.74. The molecule has 1 rings (SSSR count). The van der Waals surface area contributed by atoms with Gasteiger partial charge in [-0.15, -0.1) is 0 Å². The smallest absolute Gasteiger partial charge is 0.184 e. The zero-order valence-corrected chi connectivity index (χ0v) is 9.65. The Labute approximate surface area is 87.5 Å². The van der Waals surface area contributed by atoms with Crippen molar-refractivity contribution in [1.29, 1.82) is 0 Å². The van der Waals surface area contributed by atoms with Gasteiger partial charge in [0.1, 0.15) is 5.76 Å². The molecule has 0 bridgehead atoms. The van der Waals surface area contributed by atoms with Crippen LogP contribution in [0.25, 0.3) is 6.08 Å². The van der Waals surface area contributed by atoms with Crippen molar-refractivity contribution in [1.82, 2.24) is 0 Å². The molecule has 0 aliphatic heterocycles. The summed E-state index contributed by atoms with van der Waals surface area (Å²) in [4.78, 5) is 0. The molecule has 1 aromatic rings. The Balaban J connectivity index is 2.90. The van der Waals surface area contributed by atoms with Gasteiger partial charge in [0.2, 0.25) is 0 Å². The van der Waals surface area contributed by atoms with E-state index in [-0.39, 0.29) is 6.61 Å². The first kappa shape index (κ1) is 10.0. The van der Waals surface area contributed by atoms with Gasteiger partial charge in [-0.3, -0.25) is 0 Å². The average Bonchev–Trinajstić information content (AvgIpc) is 2.31. The maximum Gasteiger partial charge on any atom is 0.184 e. The van der Waals surface area contributed by atoms with E-state index in [9.17, 15) is 0 Å². The van der Waals surface area contributed by atoms with E-state index in [2.05, 4.69) is 31.9 Å². The first-order valence-corrected chi connectivity index (χ1v) is 4.95. The van der Waals surface area contributed by atoms with E-state index in [1.54, 1.807) is 6.08 Å². The van der Waals surface area contributed by atoms with Crippen molar-refractivity contribution in [2.45, 2.75) is 6.92 Å². The number of hydrogen-bond donors (Lipinski definition) is 1. The molecule has 0 spiro atoms. The van der Waals surface area contributed by atoms with Crippen LogP contribution in [0.5, 0.6) is 0 Å². The number of aliphatic hydroxyl groups excluding tert-OH is 1. The highest BCUT2D eigenvalue weighted by Gasteiger charge is 2.03. The molecule has 0 atom stereocenters. The minimum Gasteiger partial charge on any atom is -0.449 e. The lowest BCUT2D eigenvalue weighted by atomic mass is 10.3. The Morgan fingerprint density at radius 3 is 2.75 bits per heavy atom. The van der Waals surface area contributed by atoms with Gasteiger partial charge in [-0.25, -0.2) is 0 Å². The zero-order chi connectivity index (χ0) is 9.14. The molecule has 0 unspecified atom stereocenters. The molecule has 0 saturated carbocycles. The predicted octanol–water partition coefficient (Wildman–Crippen LogP) is 3.20. The van der Waals surface area contributed by atoms with Gasteiger partial charge in [-0.1, -0.05) is 0 Å². The molecule has 0 saturated heterocycles. The summed E-state index contributed by atoms with van der Waals surface area (Å²) in [6.07, 6.45) is 1.79. The van der Waals surface area contributed by atoms with Crippen LogP contribution in [0.3, 0.4) is 0 Å². The van der Waals surface area contributed by atoms with Gasteiger partial charge in [0.15, 0.2) is 4.67 Å². The van der Waals surface area contributed by atoms with Crippen molar-refractivity contribution in [3.05, 3.63) is 26.5 Å². The fourth-order valence-electron chi connectivity index (χ4n) is 0.723. The van der Waals surface area contributed by atoms with Gasteiger partial charge in [0.05, 0.1) is 11.1 Å². The second kappa shape index (κ2) is 4.25. The van der Waals surface area contributed by atoms with Crippen molar-refractivity contribution in [2.24, 2.45) is 0 Å². The second-order valence-corrected chi connectivity index (χ2v) is 3.99. The van der Waals surface area contributed by atoms with Crippen molar-refractivity contribution >= 4 is 37.9 Å². The quantitative estimate of drug-likeness (QED) is 0.909. The largest absolute Gasteiger partial charge is 0.449 e. The van der Waals surface area contributed by atoms with E-state index in [0.29, 0.717) is 4.67 Å². The first-order chi connectivity index (χ1) is 5.63. The number of rotatable bonds is 2. The molecule has 0 aromatic carbocycles. The highest BCUT2D eigenvalue weighted by atomic mass is 79.9. The van der Waals surface area contributed by atoms with Crippen molar-refractivity contribution in [3.63, 3.8) is 0 Å². The molecule has 1 aromatic heterocycles. The molecule has 0 amide bonds. The third kappa shape index (κ3) is 2.47. The third-order valence-electron chi connectivity index (χ3n) is 1.30. The second-order valence-electron chi connectivity index (χ2n) is 2.42. The molecule has 0 aliphatic carbocycles. The summed E-state index contributed by atoms with van der Waals surface area (Å²) in [6.45, 7) is 1.89. The van der Waals surface area contributed by atoms with Gasteiger partial charge >= 0.3 is 0 Å². The van der Waals surface area contributed by atoms with E-state index in [1.165, 1.54) is 0 Å². The highest BCUT2D eigenvalue weighted by molar-refractivity contribution is 9.13. The van der Waals surface area contributed by atoms with E-state index >= 15 is 0 Å². The topological polar surface area (TPSA) is 33.4 Å². The van der Waals surface area contributed by atoms with Crippen LogP contribution in [-0.2, 0) is 0 Å². The molecular weight excluding hydrogens is 288 g/mol. The standard InChI is InChI=1S/C8H8Br2O2/c1-5(4-11)2-6-3-7(9)8(10)12-6/h2-3,11H,4H2,1H3. The molecule has 4 heteroatoms. The predicted molar refractivity (Wildman–Crippen MR) is 54.8 cm³/mol. The van der Waals surface area contributed by atoms with E-state index in [0.717, 1.165) is 15.8 Å². The molecule has 0 aliphatic rings. The lowest BCUT2D eigenvalue weighted by Gasteiger charge is -1.90. The maximum atomic E-state index is 8.74. The van der Waals surface area contributed by atoms with Crippen LogP contribution in [-0.4, -0.2) is 11.7 Å². The van der Waals surface area contributed by atoms with E-state index < -0.39 is 0 Å². The third-order valence-corrected chi connectivity index (χ3v) is 3.01. The molecule has 0 radical (unpaired) electrons. The van der Waals surface area contributed by atoms with E-state index in [1.807, 2.05) is 13.0 Å². The lowest BCUT2D eigenvalue weighted by Crippen LogP contribution is -1.81. The summed E-state index contributed by atoms with van der Waals surface area (Å²) in [5.41, 5.74) is 0.865. The number of halogens is 2. The minimum absolute atomic E-state index is 0.0515. The molecule has 2 nitrogen and oxygen atoms in total. The number of aliphatic hydroxyl groups is 1. The Kier molecular flexibility index (Phi) is 3.55. The first-order valence-electron chi connectivity index (χ1n) is 3.36. The van der Waals surface area contributed by atoms with E-state index in [4.69, 9.17) is 9.52 Å². The van der Waals surface area contributed by atoms with Crippen LogP contribution in [0.1, 0.15) is 12.7 Å².